The highest BCUT2D eigenvalue weighted by molar-refractivity contribution is 5.28. The second-order valence-electron chi connectivity index (χ2n) is 5.05. The summed E-state index contributed by atoms with van der Waals surface area (Å²) < 4.78 is 5.82. The van der Waals surface area contributed by atoms with Crippen molar-refractivity contribution >= 4 is 0 Å². The smallest absolute Gasteiger partial charge is 0.119 e. The van der Waals surface area contributed by atoms with Crippen LogP contribution in [0, 0.1) is 5.92 Å². The van der Waals surface area contributed by atoms with Gasteiger partial charge in [-0.1, -0.05) is 31.9 Å². The quantitative estimate of drug-likeness (QED) is 0.842. The average Bonchev–Trinajstić information content (AvgIpc) is 2.89. The maximum absolute atomic E-state index is 5.98. The first kappa shape index (κ1) is 12.4. The molecule has 94 valence electrons. The summed E-state index contributed by atoms with van der Waals surface area (Å²) in [5, 5.41) is 0. The third-order valence-electron chi connectivity index (χ3n) is 3.71. The second kappa shape index (κ2) is 6.06. The van der Waals surface area contributed by atoms with Gasteiger partial charge in [0.25, 0.3) is 0 Å². The van der Waals surface area contributed by atoms with Crippen molar-refractivity contribution in [1.29, 1.82) is 0 Å². The maximum Gasteiger partial charge on any atom is 0.119 e. The molecule has 0 spiro atoms. The molecule has 0 heterocycles. The van der Waals surface area contributed by atoms with Crippen molar-refractivity contribution in [2.75, 3.05) is 6.61 Å². The van der Waals surface area contributed by atoms with Gasteiger partial charge in [0.1, 0.15) is 5.75 Å². The van der Waals surface area contributed by atoms with E-state index in [0.717, 1.165) is 24.7 Å². The minimum atomic E-state index is 0.152. The van der Waals surface area contributed by atoms with Crippen molar-refractivity contribution in [3.63, 3.8) is 0 Å². The van der Waals surface area contributed by atoms with Crippen molar-refractivity contribution in [2.45, 2.75) is 45.1 Å². The van der Waals surface area contributed by atoms with E-state index in [1.165, 1.54) is 31.2 Å². The fourth-order valence-electron chi connectivity index (χ4n) is 2.44. The highest BCUT2D eigenvalue weighted by Crippen LogP contribution is 2.26. The Morgan fingerprint density at radius 2 is 1.88 bits per heavy atom. The van der Waals surface area contributed by atoms with Crippen molar-refractivity contribution in [1.82, 2.24) is 0 Å². The molecular formula is C15H23NO. The van der Waals surface area contributed by atoms with Gasteiger partial charge in [0.05, 0.1) is 6.61 Å². The molecule has 0 bridgehead atoms. The van der Waals surface area contributed by atoms with Crippen molar-refractivity contribution in [3.8, 4) is 5.75 Å². The molecule has 1 aliphatic carbocycles. The Labute approximate surface area is 104 Å². The van der Waals surface area contributed by atoms with Gasteiger partial charge in [0, 0.05) is 6.04 Å². The van der Waals surface area contributed by atoms with Crippen LogP contribution >= 0.6 is 0 Å². The van der Waals surface area contributed by atoms with E-state index in [4.69, 9.17) is 10.5 Å². The summed E-state index contributed by atoms with van der Waals surface area (Å²) in [4.78, 5) is 0. The largest absolute Gasteiger partial charge is 0.493 e. The van der Waals surface area contributed by atoms with Crippen molar-refractivity contribution in [2.24, 2.45) is 11.7 Å². The van der Waals surface area contributed by atoms with Crippen LogP contribution in [0.4, 0.5) is 0 Å². The van der Waals surface area contributed by atoms with Gasteiger partial charge >= 0.3 is 0 Å². The topological polar surface area (TPSA) is 35.2 Å². The van der Waals surface area contributed by atoms with Crippen LogP contribution in [0.25, 0.3) is 0 Å². The minimum Gasteiger partial charge on any atom is -0.493 e. The van der Waals surface area contributed by atoms with Gasteiger partial charge < -0.3 is 10.5 Å². The summed E-state index contributed by atoms with van der Waals surface area (Å²) >= 11 is 0. The Bertz CT molecular complexity index is 327. The summed E-state index contributed by atoms with van der Waals surface area (Å²) in [6.07, 6.45) is 6.39. The Hall–Kier alpha value is -1.02. The number of ether oxygens (including phenoxy) is 1. The zero-order chi connectivity index (χ0) is 12.1. The zero-order valence-electron chi connectivity index (χ0n) is 10.7. The van der Waals surface area contributed by atoms with Gasteiger partial charge in [-0.05, 0) is 42.9 Å². The van der Waals surface area contributed by atoms with E-state index in [9.17, 15) is 0 Å². The molecule has 1 atom stereocenters. The Morgan fingerprint density at radius 1 is 1.24 bits per heavy atom. The first-order valence-electron chi connectivity index (χ1n) is 6.78. The SMILES string of the molecule is CCC(N)c1ccc(OCC2CCCC2)cc1. The summed E-state index contributed by atoms with van der Waals surface area (Å²) in [6.45, 7) is 2.98. The van der Waals surface area contributed by atoms with Crippen LogP contribution in [-0.4, -0.2) is 6.61 Å². The number of nitrogens with two attached hydrogens (primary N) is 1. The molecule has 2 heteroatoms. The zero-order valence-corrected chi connectivity index (χ0v) is 10.7. The third-order valence-corrected chi connectivity index (χ3v) is 3.71. The molecule has 0 radical (unpaired) electrons. The molecule has 1 aromatic carbocycles. The van der Waals surface area contributed by atoms with Gasteiger partial charge in [-0.25, -0.2) is 0 Å². The molecule has 1 aromatic rings. The third kappa shape index (κ3) is 3.47. The van der Waals surface area contributed by atoms with E-state index in [1.54, 1.807) is 0 Å². The molecule has 0 aliphatic heterocycles. The van der Waals surface area contributed by atoms with Crippen LogP contribution in [0.2, 0.25) is 0 Å². The van der Waals surface area contributed by atoms with Crippen LogP contribution < -0.4 is 10.5 Å². The minimum absolute atomic E-state index is 0.152. The van der Waals surface area contributed by atoms with E-state index in [0.29, 0.717) is 0 Å². The summed E-state index contributed by atoms with van der Waals surface area (Å²) in [5.41, 5.74) is 7.17. The van der Waals surface area contributed by atoms with Crippen LogP contribution in [-0.2, 0) is 0 Å². The molecule has 2 nitrogen and oxygen atoms in total. The lowest BCUT2D eigenvalue weighted by atomic mass is 10.1. The molecule has 2 rings (SSSR count). The maximum atomic E-state index is 5.98. The molecule has 1 aliphatic rings. The Kier molecular flexibility index (Phi) is 4.43. The van der Waals surface area contributed by atoms with E-state index < -0.39 is 0 Å². The first-order valence-corrected chi connectivity index (χ1v) is 6.78. The van der Waals surface area contributed by atoms with Gasteiger partial charge in [-0.15, -0.1) is 0 Å². The molecule has 0 amide bonds. The fourth-order valence-corrected chi connectivity index (χ4v) is 2.44. The van der Waals surface area contributed by atoms with Crippen molar-refractivity contribution < 1.29 is 4.74 Å². The highest BCUT2D eigenvalue weighted by Gasteiger charge is 2.15. The van der Waals surface area contributed by atoms with Crippen LogP contribution in [0.5, 0.6) is 5.75 Å². The van der Waals surface area contributed by atoms with Gasteiger partial charge in [-0.2, -0.15) is 0 Å². The molecule has 1 fully saturated rings. The van der Waals surface area contributed by atoms with E-state index in [2.05, 4.69) is 19.1 Å². The number of hydrogen-bond acceptors (Lipinski definition) is 2. The molecular weight excluding hydrogens is 210 g/mol. The second-order valence-corrected chi connectivity index (χ2v) is 5.05. The number of rotatable bonds is 5. The lowest BCUT2D eigenvalue weighted by molar-refractivity contribution is 0.252. The predicted octanol–water partition coefficient (Wildman–Crippen LogP) is 3.67. The normalized spacial score (nSPS) is 18.2. The average molecular weight is 233 g/mol. The summed E-state index contributed by atoms with van der Waals surface area (Å²) in [7, 11) is 0. The molecule has 1 saturated carbocycles. The lowest BCUT2D eigenvalue weighted by Crippen LogP contribution is -2.09. The van der Waals surface area contributed by atoms with Crippen LogP contribution in [0.1, 0.15) is 50.6 Å². The van der Waals surface area contributed by atoms with E-state index in [1.807, 2.05) is 12.1 Å². The van der Waals surface area contributed by atoms with Gasteiger partial charge in [0.15, 0.2) is 0 Å². The standard InChI is InChI=1S/C15H23NO/c1-2-15(16)13-7-9-14(10-8-13)17-11-12-5-3-4-6-12/h7-10,12,15H,2-6,11,16H2,1H3. The molecule has 17 heavy (non-hydrogen) atoms. The van der Waals surface area contributed by atoms with Gasteiger partial charge in [-0.3, -0.25) is 0 Å². The predicted molar refractivity (Wildman–Crippen MR) is 71.1 cm³/mol. The molecule has 0 aromatic heterocycles. The van der Waals surface area contributed by atoms with E-state index >= 15 is 0 Å². The van der Waals surface area contributed by atoms with Crippen LogP contribution in [0.15, 0.2) is 24.3 Å². The van der Waals surface area contributed by atoms with Crippen LogP contribution in [0.3, 0.4) is 0 Å². The van der Waals surface area contributed by atoms with Gasteiger partial charge in [0.2, 0.25) is 0 Å². The fraction of sp³-hybridized carbons (Fsp3) is 0.600. The Balaban J connectivity index is 1.84. The lowest BCUT2D eigenvalue weighted by Gasteiger charge is -2.13. The Morgan fingerprint density at radius 3 is 2.47 bits per heavy atom. The molecule has 1 unspecified atom stereocenters. The van der Waals surface area contributed by atoms with Crippen molar-refractivity contribution in [3.05, 3.63) is 29.8 Å². The number of benzene rings is 1. The monoisotopic (exact) mass is 233 g/mol. The number of hydrogen-bond donors (Lipinski definition) is 1. The first-order chi connectivity index (χ1) is 8.29. The summed E-state index contributed by atoms with van der Waals surface area (Å²) in [6, 6.07) is 8.40. The van der Waals surface area contributed by atoms with E-state index in [-0.39, 0.29) is 6.04 Å². The molecule has 2 N–H and O–H groups in total. The highest BCUT2D eigenvalue weighted by atomic mass is 16.5. The summed E-state index contributed by atoms with van der Waals surface area (Å²) in [5.74, 6) is 1.75. The molecule has 0 saturated heterocycles.